The molecular weight excluding hydrogens is 512 g/mol. The highest BCUT2D eigenvalue weighted by molar-refractivity contribution is 8.13. The standard InChI is InChI=1S/C10H12O5S.C7H7ClO2S.C3H6O3.CH4/c1-8-3-5-9(6-4-8)16(12,13)15-7-10(11)14-2;1-6-2-4-7(5-3-6)11(8,9)10;1-6-3(5)2-4;/h3-6H,7H2,1-2H3;2-5H,1H3;4H,2H2,1H3;1H4. The van der Waals surface area contributed by atoms with E-state index in [-0.39, 0.29) is 17.2 Å². The second kappa shape index (κ2) is 16.2. The number of aliphatic hydroxyl groups is 1. The maximum absolute atomic E-state index is 11.5. The maximum atomic E-state index is 11.5. The first kappa shape index (κ1) is 33.7. The lowest BCUT2D eigenvalue weighted by Crippen LogP contribution is -2.15. The average molecular weight is 541 g/mol. The molecule has 0 fully saturated rings. The molecule has 10 nitrogen and oxygen atoms in total. The van der Waals surface area contributed by atoms with Crippen LogP contribution >= 0.6 is 10.7 Å². The molecule has 0 atom stereocenters. The van der Waals surface area contributed by atoms with E-state index in [2.05, 4.69) is 13.7 Å². The number of esters is 2. The van der Waals surface area contributed by atoms with Gasteiger partial charge in [0.15, 0.2) is 6.61 Å². The van der Waals surface area contributed by atoms with E-state index < -0.39 is 44.3 Å². The predicted octanol–water partition coefficient (Wildman–Crippen LogP) is 2.58. The van der Waals surface area contributed by atoms with Crippen LogP contribution in [0.4, 0.5) is 0 Å². The summed E-state index contributed by atoms with van der Waals surface area (Å²) in [6.07, 6.45) is 0. The number of hydrogen-bond donors (Lipinski definition) is 1. The molecule has 2 aromatic rings. The molecule has 192 valence electrons. The Hall–Kier alpha value is -2.51. The molecule has 13 heteroatoms. The SMILES string of the molecule is C.COC(=O)CO.COC(=O)COS(=O)(=O)c1ccc(C)cc1.Cc1ccc(S(=O)(=O)Cl)cc1. The van der Waals surface area contributed by atoms with Crippen molar-refractivity contribution in [1.29, 1.82) is 0 Å². The van der Waals surface area contributed by atoms with Gasteiger partial charge in [0.25, 0.3) is 19.2 Å². The first-order valence-corrected chi connectivity index (χ1v) is 12.7. The van der Waals surface area contributed by atoms with Crippen LogP contribution in [0.25, 0.3) is 0 Å². The zero-order valence-corrected chi connectivity index (χ0v) is 20.7. The Kier molecular flexibility index (Phi) is 16.0. The number of methoxy groups -OCH3 is 2. The van der Waals surface area contributed by atoms with Gasteiger partial charge in [0.1, 0.15) is 6.61 Å². The maximum Gasteiger partial charge on any atom is 0.333 e. The first-order valence-electron chi connectivity index (χ1n) is 8.98. The summed E-state index contributed by atoms with van der Waals surface area (Å²) in [7, 11) is 0.0304. The van der Waals surface area contributed by atoms with Crippen LogP contribution in [0.5, 0.6) is 0 Å². The normalized spacial score (nSPS) is 10.3. The molecule has 0 aliphatic heterocycles. The van der Waals surface area contributed by atoms with Crippen LogP contribution in [0, 0.1) is 13.8 Å². The van der Waals surface area contributed by atoms with Crippen molar-refractivity contribution in [2.45, 2.75) is 31.1 Å². The van der Waals surface area contributed by atoms with E-state index in [1.165, 1.54) is 31.4 Å². The number of ether oxygens (including phenoxy) is 2. The smallest absolute Gasteiger partial charge is 0.333 e. The summed E-state index contributed by atoms with van der Waals surface area (Å²) >= 11 is 0. The zero-order valence-electron chi connectivity index (χ0n) is 18.3. The molecule has 0 amide bonds. The summed E-state index contributed by atoms with van der Waals surface area (Å²) in [4.78, 5) is 20.6. The molecule has 0 heterocycles. The highest BCUT2D eigenvalue weighted by atomic mass is 35.7. The minimum Gasteiger partial charge on any atom is -0.467 e. The monoisotopic (exact) mass is 540 g/mol. The highest BCUT2D eigenvalue weighted by Crippen LogP contribution is 2.14. The molecule has 0 saturated heterocycles. The van der Waals surface area contributed by atoms with Crippen molar-refractivity contribution in [3.63, 3.8) is 0 Å². The summed E-state index contributed by atoms with van der Waals surface area (Å²) in [5, 5.41) is 7.86. The van der Waals surface area contributed by atoms with Crippen molar-refractivity contribution in [3.8, 4) is 0 Å². The van der Waals surface area contributed by atoms with Gasteiger partial charge in [-0.3, -0.25) is 4.18 Å². The molecule has 2 rings (SSSR count). The highest BCUT2D eigenvalue weighted by Gasteiger charge is 2.16. The number of rotatable bonds is 6. The molecule has 0 aromatic heterocycles. The molecule has 2 aromatic carbocycles. The van der Waals surface area contributed by atoms with Gasteiger partial charge in [0.05, 0.1) is 24.0 Å². The minimum absolute atomic E-state index is 0. The lowest BCUT2D eigenvalue weighted by Gasteiger charge is -2.04. The van der Waals surface area contributed by atoms with Crippen molar-refractivity contribution < 1.29 is 45.2 Å². The molecule has 34 heavy (non-hydrogen) atoms. The number of aryl methyl sites for hydroxylation is 2. The van der Waals surface area contributed by atoms with Crippen LogP contribution in [0.2, 0.25) is 0 Å². The van der Waals surface area contributed by atoms with Crippen molar-refractivity contribution in [3.05, 3.63) is 59.7 Å². The Morgan fingerprint density at radius 1 is 0.794 bits per heavy atom. The Bertz CT molecular complexity index is 1090. The molecule has 0 unspecified atom stereocenters. The number of carbonyl (C=O) groups excluding carboxylic acids is 2. The Morgan fingerprint density at radius 2 is 1.18 bits per heavy atom. The fourth-order valence-electron chi connectivity index (χ4n) is 1.72. The number of aliphatic hydroxyl groups excluding tert-OH is 1. The second-order valence-electron chi connectivity index (χ2n) is 6.09. The Morgan fingerprint density at radius 3 is 1.47 bits per heavy atom. The molecule has 0 bridgehead atoms. The van der Waals surface area contributed by atoms with Crippen LogP contribution in [0.15, 0.2) is 58.3 Å². The van der Waals surface area contributed by atoms with Gasteiger partial charge in [0.2, 0.25) is 0 Å². The zero-order chi connectivity index (χ0) is 25.7. The molecule has 0 spiro atoms. The lowest BCUT2D eigenvalue weighted by atomic mass is 10.2. The molecular formula is C21H29ClO10S2. The molecule has 1 N–H and O–H groups in total. The van der Waals surface area contributed by atoms with Crippen LogP contribution < -0.4 is 0 Å². The van der Waals surface area contributed by atoms with Crippen LogP contribution in [-0.4, -0.2) is 61.3 Å². The van der Waals surface area contributed by atoms with Gasteiger partial charge in [-0.25, -0.2) is 18.0 Å². The van der Waals surface area contributed by atoms with Gasteiger partial charge in [-0.05, 0) is 38.1 Å². The van der Waals surface area contributed by atoms with E-state index in [4.69, 9.17) is 15.8 Å². The van der Waals surface area contributed by atoms with Crippen LogP contribution in [0.3, 0.4) is 0 Å². The van der Waals surface area contributed by atoms with E-state index in [1.807, 2.05) is 13.8 Å². The average Bonchev–Trinajstić information content (AvgIpc) is 2.77. The summed E-state index contributed by atoms with van der Waals surface area (Å²) in [6, 6.07) is 12.5. The third kappa shape index (κ3) is 13.9. The lowest BCUT2D eigenvalue weighted by molar-refractivity contribution is -0.144. The summed E-state index contributed by atoms with van der Waals surface area (Å²) in [5.74, 6) is -1.34. The van der Waals surface area contributed by atoms with Gasteiger partial charge >= 0.3 is 11.9 Å². The van der Waals surface area contributed by atoms with Gasteiger partial charge in [-0.1, -0.05) is 42.8 Å². The van der Waals surface area contributed by atoms with Crippen molar-refractivity contribution in [1.82, 2.24) is 0 Å². The fourth-order valence-corrected chi connectivity index (χ4v) is 3.35. The molecule has 0 aliphatic rings. The van der Waals surface area contributed by atoms with Gasteiger partial charge < -0.3 is 14.6 Å². The quantitative estimate of drug-likeness (QED) is 0.329. The second-order valence-corrected chi connectivity index (χ2v) is 10.3. The topological polar surface area (TPSA) is 150 Å². The molecule has 0 saturated carbocycles. The largest absolute Gasteiger partial charge is 0.467 e. The minimum atomic E-state index is -3.88. The predicted molar refractivity (Wildman–Crippen MR) is 126 cm³/mol. The fraction of sp³-hybridized carbons (Fsp3) is 0.333. The number of benzene rings is 2. The third-order valence-electron chi connectivity index (χ3n) is 3.53. The molecule has 0 radical (unpaired) electrons. The van der Waals surface area contributed by atoms with Crippen molar-refractivity contribution in [2.75, 3.05) is 27.4 Å². The van der Waals surface area contributed by atoms with E-state index >= 15 is 0 Å². The van der Waals surface area contributed by atoms with Gasteiger partial charge in [0, 0.05) is 10.7 Å². The van der Waals surface area contributed by atoms with Crippen molar-refractivity contribution in [2.24, 2.45) is 0 Å². The summed E-state index contributed by atoms with van der Waals surface area (Å²) < 4.78 is 57.3. The number of halogens is 1. The number of hydrogen-bond acceptors (Lipinski definition) is 10. The van der Waals surface area contributed by atoms with E-state index in [0.29, 0.717) is 0 Å². The van der Waals surface area contributed by atoms with E-state index in [1.54, 1.807) is 24.3 Å². The molecule has 0 aliphatic carbocycles. The van der Waals surface area contributed by atoms with Gasteiger partial charge in [-0.15, -0.1) is 0 Å². The van der Waals surface area contributed by atoms with Gasteiger partial charge in [-0.2, -0.15) is 8.42 Å². The number of carbonyl (C=O) groups is 2. The van der Waals surface area contributed by atoms with E-state index in [9.17, 15) is 26.4 Å². The Balaban J connectivity index is 0. The summed E-state index contributed by atoms with van der Waals surface area (Å²) in [6.45, 7) is 2.57. The third-order valence-corrected chi connectivity index (χ3v) is 6.18. The summed E-state index contributed by atoms with van der Waals surface area (Å²) in [5.41, 5.74) is 1.95. The Labute approximate surface area is 205 Å². The van der Waals surface area contributed by atoms with Crippen molar-refractivity contribution >= 4 is 41.8 Å². The van der Waals surface area contributed by atoms with Crippen LogP contribution in [-0.2, 0) is 42.4 Å². The van der Waals surface area contributed by atoms with E-state index in [0.717, 1.165) is 18.2 Å². The first-order chi connectivity index (χ1) is 15.3. The van der Waals surface area contributed by atoms with Crippen LogP contribution in [0.1, 0.15) is 18.6 Å².